The molecule has 0 aliphatic rings. The van der Waals surface area contributed by atoms with Gasteiger partial charge in [0.1, 0.15) is 5.82 Å². The Balaban J connectivity index is 2.14. The number of nitrogens with zero attached hydrogens (tertiary/aromatic N) is 1. The molecule has 122 valence electrons. The number of anilines is 3. The smallest absolute Gasteiger partial charge is 0.229 e. The molecule has 2 rings (SSSR count). The topological polar surface area (TPSA) is 54.0 Å². The molecule has 2 N–H and O–H groups in total. The Morgan fingerprint density at radius 2 is 1.91 bits per heavy atom. The highest BCUT2D eigenvalue weighted by atomic mass is 16.2. The van der Waals surface area contributed by atoms with Crippen LogP contribution in [0.15, 0.2) is 36.5 Å². The summed E-state index contributed by atoms with van der Waals surface area (Å²) in [7, 11) is 0. The number of hydrogen-bond donors (Lipinski definition) is 2. The van der Waals surface area contributed by atoms with Gasteiger partial charge in [-0.25, -0.2) is 4.98 Å². The Hall–Kier alpha value is -2.36. The summed E-state index contributed by atoms with van der Waals surface area (Å²) in [5.74, 6) is 0.745. The molecule has 2 aromatic rings. The number of aromatic nitrogens is 1. The molecular weight excluding hydrogens is 286 g/mol. The monoisotopic (exact) mass is 311 g/mol. The van der Waals surface area contributed by atoms with Gasteiger partial charge in [0.25, 0.3) is 0 Å². The quantitative estimate of drug-likeness (QED) is 0.862. The zero-order chi connectivity index (χ0) is 17.0. The number of para-hydroxylation sites is 1. The van der Waals surface area contributed by atoms with E-state index in [-0.39, 0.29) is 5.91 Å². The van der Waals surface area contributed by atoms with Crippen LogP contribution >= 0.6 is 0 Å². The van der Waals surface area contributed by atoms with Gasteiger partial charge in [0.05, 0.1) is 11.9 Å². The van der Waals surface area contributed by atoms with Crippen LogP contribution in [-0.4, -0.2) is 10.9 Å². The third-order valence-electron chi connectivity index (χ3n) is 3.70. The summed E-state index contributed by atoms with van der Waals surface area (Å²) in [6, 6.07) is 10.0. The highest BCUT2D eigenvalue weighted by molar-refractivity contribution is 5.94. The van der Waals surface area contributed by atoms with Gasteiger partial charge in [-0.1, -0.05) is 45.9 Å². The maximum atomic E-state index is 12.0. The maximum Gasteiger partial charge on any atom is 0.229 e. The van der Waals surface area contributed by atoms with Gasteiger partial charge in [-0.2, -0.15) is 0 Å². The van der Waals surface area contributed by atoms with Gasteiger partial charge >= 0.3 is 0 Å². The number of nitrogens with one attached hydrogen (secondary N) is 2. The van der Waals surface area contributed by atoms with E-state index in [1.54, 1.807) is 6.20 Å². The first-order valence-electron chi connectivity index (χ1n) is 7.94. The summed E-state index contributed by atoms with van der Waals surface area (Å²) in [6.45, 7) is 9.88. The molecule has 0 radical (unpaired) electrons. The average molecular weight is 311 g/mol. The van der Waals surface area contributed by atoms with E-state index in [1.807, 2.05) is 32.9 Å². The van der Waals surface area contributed by atoms with Gasteiger partial charge in [0.2, 0.25) is 5.91 Å². The van der Waals surface area contributed by atoms with Crippen molar-refractivity contribution in [2.75, 3.05) is 10.6 Å². The van der Waals surface area contributed by atoms with Crippen molar-refractivity contribution in [3.63, 3.8) is 0 Å². The van der Waals surface area contributed by atoms with Crippen molar-refractivity contribution in [2.45, 2.75) is 41.0 Å². The predicted octanol–water partition coefficient (Wildman–Crippen LogP) is 4.68. The van der Waals surface area contributed by atoms with E-state index in [0.717, 1.165) is 17.9 Å². The summed E-state index contributed by atoms with van der Waals surface area (Å²) in [6.07, 6.45) is 2.64. The number of hydrogen-bond acceptors (Lipinski definition) is 3. The molecule has 0 bridgehead atoms. The lowest BCUT2D eigenvalue weighted by Crippen LogP contribution is -2.27. The molecule has 4 nitrogen and oxygen atoms in total. The molecular formula is C19H25N3O. The van der Waals surface area contributed by atoms with Crippen LogP contribution in [0.3, 0.4) is 0 Å². The number of aryl methyl sites for hydroxylation is 2. The van der Waals surface area contributed by atoms with Gasteiger partial charge in [0, 0.05) is 11.1 Å². The van der Waals surface area contributed by atoms with Crippen LogP contribution in [0.2, 0.25) is 0 Å². The lowest BCUT2D eigenvalue weighted by molar-refractivity contribution is -0.123. The molecule has 0 saturated carbocycles. The van der Waals surface area contributed by atoms with Gasteiger partial charge in [0.15, 0.2) is 0 Å². The summed E-state index contributed by atoms with van der Waals surface area (Å²) >= 11 is 0. The normalized spacial score (nSPS) is 11.2. The third-order valence-corrected chi connectivity index (χ3v) is 3.70. The van der Waals surface area contributed by atoms with Crippen molar-refractivity contribution < 1.29 is 4.79 Å². The largest absolute Gasteiger partial charge is 0.340 e. The molecule has 4 heteroatoms. The lowest BCUT2D eigenvalue weighted by atomic mass is 9.96. The van der Waals surface area contributed by atoms with Crippen molar-refractivity contribution in [1.29, 1.82) is 0 Å². The lowest BCUT2D eigenvalue weighted by Gasteiger charge is -2.18. The molecule has 23 heavy (non-hydrogen) atoms. The van der Waals surface area contributed by atoms with Gasteiger partial charge in [-0.3, -0.25) is 4.79 Å². The summed E-state index contributed by atoms with van der Waals surface area (Å²) in [4.78, 5) is 16.4. The molecule has 0 aliphatic heterocycles. The molecule has 0 fully saturated rings. The molecule has 1 aromatic heterocycles. The summed E-state index contributed by atoms with van der Waals surface area (Å²) < 4.78 is 0. The van der Waals surface area contributed by atoms with Gasteiger partial charge in [-0.05, 0) is 36.6 Å². The first-order valence-corrected chi connectivity index (χ1v) is 7.94. The number of rotatable bonds is 4. The molecule has 1 aromatic carbocycles. The molecule has 0 unspecified atom stereocenters. The maximum absolute atomic E-state index is 12.0. The van der Waals surface area contributed by atoms with Crippen molar-refractivity contribution in [3.05, 3.63) is 47.7 Å². The van der Waals surface area contributed by atoms with Crippen molar-refractivity contribution in [3.8, 4) is 0 Å². The molecule has 0 atom stereocenters. The molecule has 0 aliphatic carbocycles. The number of carbonyl (C=O) groups is 1. The molecule has 1 heterocycles. The number of amides is 1. The minimum Gasteiger partial charge on any atom is -0.340 e. The fourth-order valence-corrected chi connectivity index (χ4v) is 2.19. The van der Waals surface area contributed by atoms with E-state index >= 15 is 0 Å². The first kappa shape index (κ1) is 17.0. The Labute approximate surface area is 138 Å². The third kappa shape index (κ3) is 4.31. The number of carbonyl (C=O) groups excluding carboxylic acids is 1. The summed E-state index contributed by atoms with van der Waals surface area (Å²) in [5.41, 5.74) is 3.84. The Morgan fingerprint density at radius 1 is 1.17 bits per heavy atom. The van der Waals surface area contributed by atoms with Crippen LogP contribution in [0, 0.1) is 12.3 Å². The molecule has 1 amide bonds. The average Bonchev–Trinajstić information content (AvgIpc) is 2.50. The second-order valence-electron chi connectivity index (χ2n) is 6.72. The number of pyridine rings is 1. The van der Waals surface area contributed by atoms with E-state index in [4.69, 9.17) is 0 Å². The zero-order valence-corrected chi connectivity index (χ0v) is 14.5. The van der Waals surface area contributed by atoms with E-state index in [1.165, 1.54) is 11.1 Å². The fraction of sp³-hybridized carbons (Fsp3) is 0.368. The molecule has 0 spiro atoms. The Morgan fingerprint density at radius 3 is 2.48 bits per heavy atom. The second kappa shape index (κ2) is 6.82. The van der Waals surface area contributed by atoms with Crippen LogP contribution in [0.1, 0.15) is 38.8 Å². The van der Waals surface area contributed by atoms with E-state index in [2.05, 4.69) is 47.7 Å². The Bertz CT molecular complexity index is 685. The predicted molar refractivity (Wildman–Crippen MR) is 96.2 cm³/mol. The van der Waals surface area contributed by atoms with Crippen molar-refractivity contribution in [1.82, 2.24) is 4.98 Å². The zero-order valence-electron chi connectivity index (χ0n) is 14.5. The van der Waals surface area contributed by atoms with Gasteiger partial charge in [-0.15, -0.1) is 0 Å². The van der Waals surface area contributed by atoms with Crippen molar-refractivity contribution in [2.24, 2.45) is 5.41 Å². The van der Waals surface area contributed by atoms with E-state index in [0.29, 0.717) is 5.69 Å². The van der Waals surface area contributed by atoms with Crippen LogP contribution in [0.4, 0.5) is 17.2 Å². The SMILES string of the molecule is CCc1cccc(C)c1Nc1ccc(NC(=O)C(C)(C)C)cn1. The van der Waals surface area contributed by atoms with Gasteiger partial charge < -0.3 is 10.6 Å². The van der Waals surface area contributed by atoms with E-state index < -0.39 is 5.41 Å². The minimum absolute atomic E-state index is 0.0211. The van der Waals surface area contributed by atoms with Crippen LogP contribution in [0.5, 0.6) is 0 Å². The van der Waals surface area contributed by atoms with E-state index in [9.17, 15) is 4.79 Å². The van der Waals surface area contributed by atoms with Crippen LogP contribution in [0.25, 0.3) is 0 Å². The fourth-order valence-electron chi connectivity index (χ4n) is 2.19. The highest BCUT2D eigenvalue weighted by Crippen LogP contribution is 2.25. The Kier molecular flexibility index (Phi) is 5.04. The molecule has 0 saturated heterocycles. The van der Waals surface area contributed by atoms with Crippen LogP contribution < -0.4 is 10.6 Å². The second-order valence-corrected chi connectivity index (χ2v) is 6.72. The number of benzene rings is 1. The first-order chi connectivity index (χ1) is 10.8. The minimum atomic E-state index is -0.423. The van der Waals surface area contributed by atoms with Crippen LogP contribution in [-0.2, 0) is 11.2 Å². The standard InChI is InChI=1S/C19H25N3O/c1-6-14-9-7-8-13(2)17(14)22-16-11-10-15(12-20-16)21-18(23)19(3,4)5/h7-12H,6H2,1-5H3,(H,20,22)(H,21,23). The van der Waals surface area contributed by atoms with Crippen molar-refractivity contribution >= 4 is 23.1 Å². The summed E-state index contributed by atoms with van der Waals surface area (Å²) in [5, 5.41) is 6.26. The highest BCUT2D eigenvalue weighted by Gasteiger charge is 2.21.